The third kappa shape index (κ3) is 4.48. The van der Waals surface area contributed by atoms with Gasteiger partial charge in [-0.3, -0.25) is 4.79 Å². The smallest absolute Gasteiger partial charge is 0.274 e. The Labute approximate surface area is 166 Å². The van der Waals surface area contributed by atoms with E-state index >= 15 is 0 Å². The van der Waals surface area contributed by atoms with Gasteiger partial charge in [-0.15, -0.1) is 5.10 Å². The number of aromatic nitrogens is 3. The van der Waals surface area contributed by atoms with Crippen LogP contribution in [0.15, 0.2) is 54.7 Å². The van der Waals surface area contributed by atoms with Crippen molar-refractivity contribution in [3.63, 3.8) is 0 Å². The zero-order chi connectivity index (χ0) is 20.2. The fourth-order valence-corrected chi connectivity index (χ4v) is 3.51. The van der Waals surface area contributed by atoms with E-state index in [4.69, 9.17) is 0 Å². The lowest BCUT2D eigenvalue weighted by molar-refractivity contribution is 0.0938. The summed E-state index contributed by atoms with van der Waals surface area (Å²) in [5.41, 5.74) is 1.56. The van der Waals surface area contributed by atoms with Crippen LogP contribution in [0.5, 0.6) is 0 Å². The summed E-state index contributed by atoms with van der Waals surface area (Å²) in [4.78, 5) is 12.8. The number of amides is 1. The maximum absolute atomic E-state index is 13.4. The van der Waals surface area contributed by atoms with Gasteiger partial charge in [-0.2, -0.15) is 0 Å². The summed E-state index contributed by atoms with van der Waals surface area (Å²) < 4.78 is 28.4. The summed E-state index contributed by atoms with van der Waals surface area (Å²) in [5.74, 6) is -1.14. The Bertz CT molecular complexity index is 920. The van der Waals surface area contributed by atoms with Crippen molar-refractivity contribution < 1.29 is 13.6 Å². The molecule has 3 aromatic rings. The Balaban J connectivity index is 1.57. The fraction of sp³-hybridized carbons (Fsp3) is 0.286. The second-order valence-corrected chi connectivity index (χ2v) is 7.07. The molecule has 29 heavy (non-hydrogen) atoms. The van der Waals surface area contributed by atoms with Crippen LogP contribution in [0, 0.1) is 11.6 Å². The highest BCUT2D eigenvalue weighted by molar-refractivity contribution is 5.92. The fourth-order valence-electron chi connectivity index (χ4n) is 3.51. The van der Waals surface area contributed by atoms with Gasteiger partial charge in [-0.05, 0) is 61.3 Å². The molecule has 4 rings (SSSR count). The molecule has 1 amide bonds. The maximum atomic E-state index is 13.4. The van der Waals surface area contributed by atoms with Gasteiger partial charge in [0.2, 0.25) is 0 Å². The highest BCUT2D eigenvalue weighted by atomic mass is 19.1. The van der Waals surface area contributed by atoms with Crippen LogP contribution < -0.4 is 10.6 Å². The number of nitrogens with zero attached hydrogens (tertiary/aromatic N) is 3. The van der Waals surface area contributed by atoms with Crippen LogP contribution in [-0.4, -0.2) is 34.0 Å². The number of carbonyl (C=O) groups excluding carboxylic acids is 1. The third-order valence-corrected chi connectivity index (χ3v) is 5.11. The molecule has 0 spiro atoms. The molecular formula is C21H21F2N5O. The number of halogens is 2. The Morgan fingerprint density at radius 3 is 2.10 bits per heavy atom. The van der Waals surface area contributed by atoms with Crippen molar-refractivity contribution in [2.75, 3.05) is 13.1 Å². The molecule has 0 bridgehead atoms. The van der Waals surface area contributed by atoms with E-state index in [1.54, 1.807) is 35.1 Å². The number of rotatable bonds is 5. The quantitative estimate of drug-likeness (QED) is 0.694. The predicted molar refractivity (Wildman–Crippen MR) is 103 cm³/mol. The molecule has 6 nitrogen and oxygen atoms in total. The van der Waals surface area contributed by atoms with Crippen LogP contribution in [0.1, 0.15) is 46.5 Å². The van der Waals surface area contributed by atoms with E-state index < -0.39 is 11.9 Å². The Hall–Kier alpha value is -3.13. The first-order valence-corrected chi connectivity index (χ1v) is 9.54. The minimum absolute atomic E-state index is 0.206. The van der Waals surface area contributed by atoms with Crippen molar-refractivity contribution in [2.45, 2.75) is 24.9 Å². The zero-order valence-corrected chi connectivity index (χ0v) is 15.7. The minimum atomic E-state index is -0.576. The number of carbonyl (C=O) groups is 1. The Morgan fingerprint density at radius 2 is 1.55 bits per heavy atom. The van der Waals surface area contributed by atoms with Gasteiger partial charge in [0.1, 0.15) is 11.6 Å². The molecule has 150 valence electrons. The van der Waals surface area contributed by atoms with Gasteiger partial charge < -0.3 is 10.6 Å². The topological polar surface area (TPSA) is 71.8 Å². The summed E-state index contributed by atoms with van der Waals surface area (Å²) in [6, 6.07) is 11.3. The van der Waals surface area contributed by atoms with Gasteiger partial charge in [-0.1, -0.05) is 29.5 Å². The van der Waals surface area contributed by atoms with E-state index in [-0.39, 0.29) is 23.4 Å². The van der Waals surface area contributed by atoms with E-state index in [0.29, 0.717) is 11.1 Å². The average Bonchev–Trinajstić information content (AvgIpc) is 3.25. The molecule has 0 radical (unpaired) electrons. The summed E-state index contributed by atoms with van der Waals surface area (Å²) in [6.45, 7) is 1.81. The van der Waals surface area contributed by atoms with Crippen molar-refractivity contribution in [2.24, 2.45) is 0 Å². The van der Waals surface area contributed by atoms with Crippen molar-refractivity contribution in [1.82, 2.24) is 25.6 Å². The third-order valence-electron chi connectivity index (χ3n) is 5.11. The molecule has 8 heteroatoms. The monoisotopic (exact) mass is 397 g/mol. The van der Waals surface area contributed by atoms with Crippen LogP contribution in [0.4, 0.5) is 8.78 Å². The Kier molecular flexibility index (Phi) is 5.62. The first kappa shape index (κ1) is 19.2. The molecule has 1 saturated heterocycles. The predicted octanol–water partition coefficient (Wildman–Crippen LogP) is 3.00. The van der Waals surface area contributed by atoms with E-state index in [1.807, 2.05) is 0 Å². The zero-order valence-electron chi connectivity index (χ0n) is 15.7. The van der Waals surface area contributed by atoms with E-state index in [0.717, 1.165) is 25.9 Å². The van der Waals surface area contributed by atoms with E-state index in [2.05, 4.69) is 20.9 Å². The highest BCUT2D eigenvalue weighted by Gasteiger charge is 2.22. The lowest BCUT2D eigenvalue weighted by Crippen LogP contribution is -2.30. The van der Waals surface area contributed by atoms with Crippen LogP contribution in [-0.2, 0) is 0 Å². The molecule has 2 aromatic carbocycles. The molecule has 2 heterocycles. The summed E-state index contributed by atoms with van der Waals surface area (Å²) >= 11 is 0. The highest BCUT2D eigenvalue weighted by Crippen LogP contribution is 2.24. The van der Waals surface area contributed by atoms with Crippen LogP contribution in [0.25, 0.3) is 0 Å². The summed E-state index contributed by atoms with van der Waals surface area (Å²) in [6.07, 6.45) is 3.51. The lowest BCUT2D eigenvalue weighted by atomic mass is 9.98. The van der Waals surface area contributed by atoms with Crippen molar-refractivity contribution >= 4 is 5.91 Å². The van der Waals surface area contributed by atoms with Gasteiger partial charge >= 0.3 is 0 Å². The standard InChI is InChI=1S/C21H21F2N5O/c22-16-5-1-14(2-6-16)20(15-3-7-17(23)8-4-15)25-21(29)19-13-28(27-26-19)18-9-11-24-12-10-18/h1-8,13,18,20,24H,9-12H2,(H,25,29). The second kappa shape index (κ2) is 8.48. The first-order chi connectivity index (χ1) is 14.1. The molecule has 0 aliphatic carbocycles. The number of benzene rings is 2. The molecule has 0 atom stereocenters. The molecule has 0 unspecified atom stereocenters. The molecule has 1 aromatic heterocycles. The molecule has 1 aliphatic heterocycles. The van der Waals surface area contributed by atoms with Crippen LogP contribution in [0.3, 0.4) is 0 Å². The number of hydrogen-bond donors (Lipinski definition) is 2. The second-order valence-electron chi connectivity index (χ2n) is 7.07. The van der Waals surface area contributed by atoms with Crippen LogP contribution >= 0.6 is 0 Å². The molecule has 2 N–H and O–H groups in total. The number of hydrogen-bond acceptors (Lipinski definition) is 4. The number of piperidine rings is 1. The lowest BCUT2D eigenvalue weighted by Gasteiger charge is -2.22. The molecule has 1 aliphatic rings. The molecule has 1 fully saturated rings. The first-order valence-electron chi connectivity index (χ1n) is 9.54. The normalized spacial score (nSPS) is 14.9. The van der Waals surface area contributed by atoms with Crippen molar-refractivity contribution in [1.29, 1.82) is 0 Å². The Morgan fingerprint density at radius 1 is 1.00 bits per heavy atom. The van der Waals surface area contributed by atoms with Crippen LogP contribution in [0.2, 0.25) is 0 Å². The maximum Gasteiger partial charge on any atom is 0.274 e. The average molecular weight is 397 g/mol. The summed E-state index contributed by atoms with van der Waals surface area (Å²) in [7, 11) is 0. The molecule has 0 saturated carbocycles. The number of nitrogens with one attached hydrogen (secondary N) is 2. The minimum Gasteiger partial charge on any atom is -0.340 e. The van der Waals surface area contributed by atoms with E-state index in [1.165, 1.54) is 24.3 Å². The van der Waals surface area contributed by atoms with Crippen molar-refractivity contribution in [3.8, 4) is 0 Å². The van der Waals surface area contributed by atoms with E-state index in [9.17, 15) is 13.6 Å². The van der Waals surface area contributed by atoms with Crippen molar-refractivity contribution in [3.05, 3.63) is 83.2 Å². The largest absolute Gasteiger partial charge is 0.340 e. The van der Waals surface area contributed by atoms with Gasteiger partial charge in [-0.25, -0.2) is 13.5 Å². The van der Waals surface area contributed by atoms with Gasteiger partial charge in [0.05, 0.1) is 18.3 Å². The summed E-state index contributed by atoms with van der Waals surface area (Å²) in [5, 5.41) is 14.3. The molecular weight excluding hydrogens is 376 g/mol. The van der Waals surface area contributed by atoms with Gasteiger partial charge in [0.15, 0.2) is 5.69 Å². The van der Waals surface area contributed by atoms with Gasteiger partial charge in [0, 0.05) is 0 Å². The van der Waals surface area contributed by atoms with Gasteiger partial charge in [0.25, 0.3) is 5.91 Å². The SMILES string of the molecule is O=C(NC(c1ccc(F)cc1)c1ccc(F)cc1)c1cn(C2CCNCC2)nn1.